The van der Waals surface area contributed by atoms with Crippen LogP contribution < -0.4 is 10.1 Å². The molecule has 6 nitrogen and oxygen atoms in total. The highest BCUT2D eigenvalue weighted by Crippen LogP contribution is 2.40. The topological polar surface area (TPSA) is 69.2 Å². The van der Waals surface area contributed by atoms with Crippen LogP contribution in [0.1, 0.15) is 36.4 Å². The zero-order valence-corrected chi connectivity index (χ0v) is 18.0. The first-order valence-corrected chi connectivity index (χ1v) is 10.9. The molecule has 2 saturated heterocycles. The van der Waals surface area contributed by atoms with Crippen molar-refractivity contribution in [3.63, 3.8) is 0 Å². The lowest BCUT2D eigenvalue weighted by molar-refractivity contribution is -0.185. The summed E-state index contributed by atoms with van der Waals surface area (Å²) in [5.74, 6) is 0.0245. The van der Waals surface area contributed by atoms with Crippen LogP contribution in [0.3, 0.4) is 0 Å². The van der Waals surface area contributed by atoms with E-state index in [-0.39, 0.29) is 17.8 Å². The fourth-order valence-electron chi connectivity index (χ4n) is 4.28. The summed E-state index contributed by atoms with van der Waals surface area (Å²) in [7, 11) is 1.55. The van der Waals surface area contributed by atoms with Gasteiger partial charge in [0.2, 0.25) is 0 Å². The lowest BCUT2D eigenvalue weighted by atomic mass is 9.88. The van der Waals surface area contributed by atoms with E-state index in [9.17, 15) is 5.11 Å². The van der Waals surface area contributed by atoms with Crippen molar-refractivity contribution in [1.82, 2.24) is 5.32 Å². The van der Waals surface area contributed by atoms with Gasteiger partial charge in [0.05, 0.1) is 33.5 Å². The summed E-state index contributed by atoms with van der Waals surface area (Å²) < 4.78 is 23.0. The molecule has 0 radical (unpaired) electrons. The highest BCUT2D eigenvalue weighted by molar-refractivity contribution is 5.43. The molecule has 2 aliphatic rings. The predicted octanol–water partition coefficient (Wildman–Crippen LogP) is 4.10. The smallest absolute Gasteiger partial charge is 0.172 e. The monoisotopic (exact) mass is 425 g/mol. The molecule has 1 spiro atoms. The van der Waals surface area contributed by atoms with Gasteiger partial charge in [0.1, 0.15) is 0 Å². The number of methoxy groups -OCH3 is 1. The number of piperidine rings is 1. The summed E-state index contributed by atoms with van der Waals surface area (Å²) in [4.78, 5) is 0. The summed E-state index contributed by atoms with van der Waals surface area (Å²) in [6.07, 6.45) is 6.62. The molecule has 6 heteroatoms. The molecule has 2 aromatic rings. The number of phenols is 1. The highest BCUT2D eigenvalue weighted by atomic mass is 16.7. The molecule has 2 aromatic carbocycles. The number of aromatic hydroxyl groups is 1. The molecule has 31 heavy (non-hydrogen) atoms. The molecule has 2 heterocycles. The Kier molecular flexibility index (Phi) is 7.25. The summed E-state index contributed by atoms with van der Waals surface area (Å²) in [6.45, 7) is 2.53. The minimum absolute atomic E-state index is 0.00707. The van der Waals surface area contributed by atoms with Crippen molar-refractivity contribution < 1.29 is 24.1 Å². The van der Waals surface area contributed by atoms with E-state index in [1.54, 1.807) is 19.2 Å². The Bertz CT molecular complexity index is 863. The maximum atomic E-state index is 10.2. The van der Waals surface area contributed by atoms with Gasteiger partial charge in [0.25, 0.3) is 0 Å². The van der Waals surface area contributed by atoms with Gasteiger partial charge >= 0.3 is 0 Å². The Labute approximate surface area is 183 Å². The fourth-order valence-corrected chi connectivity index (χ4v) is 4.28. The van der Waals surface area contributed by atoms with Crippen LogP contribution in [0.5, 0.6) is 11.5 Å². The van der Waals surface area contributed by atoms with E-state index in [4.69, 9.17) is 18.9 Å². The average Bonchev–Trinajstić information content (AvgIpc) is 3.23. The van der Waals surface area contributed by atoms with Crippen LogP contribution in [-0.4, -0.2) is 43.9 Å². The van der Waals surface area contributed by atoms with Crippen LogP contribution in [-0.2, 0) is 20.8 Å². The Balaban J connectivity index is 1.35. The third-order valence-corrected chi connectivity index (χ3v) is 5.79. The standard InChI is InChI=1S/C25H31NO5/c1-28-24-11-10-20(15-23(24)27)22-17-25(30-13-14-31-25)16-21(26-22)9-5-6-12-29-18-19-7-3-2-4-8-19/h2-5,7-11,15,21-22,26-27H,6,12-14,16-18H2,1H3/b9-5+/t21-,22-/m0/s1. The number of nitrogens with one attached hydrogen (secondary N) is 1. The Morgan fingerprint density at radius 1 is 1.13 bits per heavy atom. The van der Waals surface area contributed by atoms with Gasteiger partial charge in [-0.3, -0.25) is 0 Å². The SMILES string of the molecule is COc1ccc([C@@H]2CC3(C[C@H](/C=C/CCOCc4ccccc4)N2)OCCO3)cc1O. The first kappa shape index (κ1) is 21.8. The zero-order valence-electron chi connectivity index (χ0n) is 18.0. The molecule has 0 aliphatic carbocycles. The van der Waals surface area contributed by atoms with Gasteiger partial charge in [0.15, 0.2) is 17.3 Å². The Morgan fingerprint density at radius 2 is 1.94 bits per heavy atom. The Morgan fingerprint density at radius 3 is 2.68 bits per heavy atom. The largest absolute Gasteiger partial charge is 0.504 e. The van der Waals surface area contributed by atoms with Crippen molar-refractivity contribution in [1.29, 1.82) is 0 Å². The molecular formula is C25H31NO5. The van der Waals surface area contributed by atoms with E-state index in [1.165, 1.54) is 5.56 Å². The van der Waals surface area contributed by atoms with Crippen LogP contribution in [0.2, 0.25) is 0 Å². The maximum absolute atomic E-state index is 10.2. The fraction of sp³-hybridized carbons (Fsp3) is 0.440. The second-order valence-corrected chi connectivity index (χ2v) is 8.03. The van der Waals surface area contributed by atoms with E-state index in [1.807, 2.05) is 24.3 Å². The summed E-state index contributed by atoms with van der Waals surface area (Å²) >= 11 is 0. The number of phenolic OH excluding ortho intramolecular Hbond substituents is 1. The van der Waals surface area contributed by atoms with Crippen LogP contribution in [0.25, 0.3) is 0 Å². The third-order valence-electron chi connectivity index (χ3n) is 5.79. The summed E-state index contributed by atoms with van der Waals surface area (Å²) in [5.41, 5.74) is 2.17. The minimum atomic E-state index is -0.579. The molecule has 4 rings (SSSR count). The quantitative estimate of drug-likeness (QED) is 0.490. The van der Waals surface area contributed by atoms with E-state index in [0.717, 1.165) is 18.4 Å². The number of hydrogen-bond acceptors (Lipinski definition) is 6. The number of hydrogen-bond donors (Lipinski definition) is 2. The molecule has 2 fully saturated rings. The molecule has 2 atom stereocenters. The average molecular weight is 426 g/mol. The van der Waals surface area contributed by atoms with Crippen LogP contribution in [0, 0.1) is 0 Å². The third kappa shape index (κ3) is 5.66. The molecule has 0 bridgehead atoms. The molecule has 0 amide bonds. The zero-order chi connectivity index (χ0) is 21.5. The van der Waals surface area contributed by atoms with Gasteiger partial charge in [-0.2, -0.15) is 0 Å². The maximum Gasteiger partial charge on any atom is 0.172 e. The van der Waals surface area contributed by atoms with Gasteiger partial charge < -0.3 is 29.4 Å². The normalized spacial score (nSPS) is 22.9. The van der Waals surface area contributed by atoms with E-state index in [0.29, 0.717) is 38.6 Å². The lowest BCUT2D eigenvalue weighted by Gasteiger charge is -2.41. The first-order valence-electron chi connectivity index (χ1n) is 10.9. The van der Waals surface area contributed by atoms with Crippen LogP contribution >= 0.6 is 0 Å². The molecule has 0 unspecified atom stereocenters. The van der Waals surface area contributed by atoms with Gasteiger partial charge in [0, 0.05) is 24.9 Å². The van der Waals surface area contributed by atoms with Gasteiger partial charge in [-0.15, -0.1) is 0 Å². The number of rotatable bonds is 8. The van der Waals surface area contributed by atoms with Crippen LogP contribution in [0.15, 0.2) is 60.7 Å². The van der Waals surface area contributed by atoms with E-state index in [2.05, 4.69) is 29.6 Å². The first-order chi connectivity index (χ1) is 15.2. The predicted molar refractivity (Wildman–Crippen MR) is 118 cm³/mol. The van der Waals surface area contributed by atoms with Crippen molar-refractivity contribution in [2.24, 2.45) is 0 Å². The second-order valence-electron chi connectivity index (χ2n) is 8.03. The molecule has 2 aliphatic heterocycles. The van der Waals surface area contributed by atoms with Crippen molar-refractivity contribution in [3.8, 4) is 11.5 Å². The van der Waals surface area contributed by atoms with E-state index < -0.39 is 5.79 Å². The number of ether oxygens (including phenoxy) is 4. The van der Waals surface area contributed by atoms with Crippen molar-refractivity contribution in [3.05, 3.63) is 71.8 Å². The van der Waals surface area contributed by atoms with Gasteiger partial charge in [-0.1, -0.05) is 48.6 Å². The minimum Gasteiger partial charge on any atom is -0.504 e. The summed E-state index contributed by atoms with van der Waals surface area (Å²) in [5, 5.41) is 13.9. The summed E-state index contributed by atoms with van der Waals surface area (Å²) in [6, 6.07) is 15.8. The molecular weight excluding hydrogens is 394 g/mol. The van der Waals surface area contributed by atoms with Gasteiger partial charge in [-0.05, 0) is 29.7 Å². The highest BCUT2D eigenvalue weighted by Gasteiger charge is 2.44. The molecule has 2 N–H and O–H groups in total. The van der Waals surface area contributed by atoms with E-state index >= 15 is 0 Å². The van der Waals surface area contributed by atoms with Crippen molar-refractivity contribution in [2.45, 2.75) is 43.7 Å². The van der Waals surface area contributed by atoms with Gasteiger partial charge in [-0.25, -0.2) is 0 Å². The number of benzene rings is 2. The second kappa shape index (κ2) is 10.3. The Hall–Kier alpha value is -2.38. The van der Waals surface area contributed by atoms with Crippen molar-refractivity contribution in [2.75, 3.05) is 26.9 Å². The lowest BCUT2D eigenvalue weighted by Crippen LogP contribution is -2.49. The molecule has 0 saturated carbocycles. The van der Waals surface area contributed by atoms with Crippen molar-refractivity contribution >= 4 is 0 Å². The molecule has 166 valence electrons. The van der Waals surface area contributed by atoms with Crippen LogP contribution in [0.4, 0.5) is 0 Å². The molecule has 0 aromatic heterocycles.